The highest BCUT2D eigenvalue weighted by molar-refractivity contribution is 9.10. The van der Waals surface area contributed by atoms with Crippen molar-refractivity contribution < 1.29 is 18.7 Å². The highest BCUT2D eigenvalue weighted by atomic mass is 79.9. The third kappa shape index (κ3) is 3.82. The first-order chi connectivity index (χ1) is 10.2. The minimum Gasteiger partial charge on any atom is -0.490 e. The lowest BCUT2D eigenvalue weighted by atomic mass is 10.2. The molecule has 0 saturated heterocycles. The molecule has 0 bridgehead atoms. The number of hydrogen-bond acceptors (Lipinski definition) is 3. The fraction of sp³-hybridized carbons (Fsp3) is 0.188. The molecule has 0 spiro atoms. The van der Waals surface area contributed by atoms with Gasteiger partial charge in [-0.1, -0.05) is 18.2 Å². The van der Waals surface area contributed by atoms with Gasteiger partial charge in [0.15, 0.2) is 11.5 Å². The molecule has 2 rings (SSSR count). The minimum atomic E-state index is -0.323. The predicted molar refractivity (Wildman–Crippen MR) is 81.4 cm³/mol. The van der Waals surface area contributed by atoms with E-state index >= 15 is 0 Å². The van der Waals surface area contributed by atoms with Gasteiger partial charge in [0.05, 0.1) is 11.1 Å². The lowest BCUT2D eigenvalue weighted by Crippen LogP contribution is -2.02. The van der Waals surface area contributed by atoms with Crippen molar-refractivity contribution in [1.29, 1.82) is 0 Å². The van der Waals surface area contributed by atoms with Gasteiger partial charge in [-0.2, -0.15) is 0 Å². The van der Waals surface area contributed by atoms with Crippen molar-refractivity contribution in [3.05, 3.63) is 57.8 Å². The molecule has 5 heteroatoms. The summed E-state index contributed by atoms with van der Waals surface area (Å²) in [6.07, 6.45) is 0.730. The van der Waals surface area contributed by atoms with E-state index in [1.807, 2.05) is 6.92 Å². The van der Waals surface area contributed by atoms with Gasteiger partial charge in [-0.15, -0.1) is 0 Å². The Bertz CT molecular complexity index is 643. The molecule has 0 radical (unpaired) electrons. The van der Waals surface area contributed by atoms with Crippen LogP contribution in [0.15, 0.2) is 40.9 Å². The molecule has 3 nitrogen and oxygen atoms in total. The molecule has 0 N–H and O–H groups in total. The summed E-state index contributed by atoms with van der Waals surface area (Å²) in [5, 5.41) is 0. The van der Waals surface area contributed by atoms with Crippen LogP contribution in [0, 0.1) is 5.82 Å². The van der Waals surface area contributed by atoms with E-state index in [1.54, 1.807) is 30.3 Å². The first-order valence-electron chi connectivity index (χ1n) is 6.43. The monoisotopic (exact) mass is 352 g/mol. The SMILES string of the molecule is CCOc1cc(C=O)cc(Br)c1OCc1ccccc1F. The number of carbonyl (C=O) groups is 1. The van der Waals surface area contributed by atoms with E-state index in [1.165, 1.54) is 6.07 Å². The average molecular weight is 353 g/mol. The molecule has 0 fully saturated rings. The molecule has 0 heterocycles. The standard InChI is InChI=1S/C16H14BrFO3/c1-2-20-15-8-11(9-19)7-13(17)16(15)21-10-12-5-3-4-6-14(12)18/h3-9H,2,10H2,1H3. The minimum absolute atomic E-state index is 0.0752. The van der Waals surface area contributed by atoms with Crippen LogP contribution in [-0.2, 0) is 6.61 Å². The van der Waals surface area contributed by atoms with Gasteiger partial charge in [-0.05, 0) is 41.1 Å². The highest BCUT2D eigenvalue weighted by Gasteiger charge is 2.13. The first kappa shape index (κ1) is 15.5. The van der Waals surface area contributed by atoms with Gasteiger partial charge in [-0.3, -0.25) is 4.79 Å². The van der Waals surface area contributed by atoms with Crippen LogP contribution in [0.1, 0.15) is 22.8 Å². The Morgan fingerprint density at radius 3 is 2.67 bits per heavy atom. The number of hydrogen-bond donors (Lipinski definition) is 0. The van der Waals surface area contributed by atoms with Gasteiger partial charge in [0.2, 0.25) is 0 Å². The Morgan fingerprint density at radius 2 is 2.00 bits per heavy atom. The summed E-state index contributed by atoms with van der Waals surface area (Å²) in [5.74, 6) is 0.576. The molecule has 0 aliphatic carbocycles. The third-order valence-corrected chi connectivity index (χ3v) is 3.39. The van der Waals surface area contributed by atoms with Crippen LogP contribution in [0.3, 0.4) is 0 Å². The van der Waals surface area contributed by atoms with Gasteiger partial charge >= 0.3 is 0 Å². The lowest BCUT2D eigenvalue weighted by Gasteiger charge is -2.14. The van der Waals surface area contributed by atoms with Crippen molar-refractivity contribution in [3.63, 3.8) is 0 Å². The number of carbonyl (C=O) groups excluding carboxylic acids is 1. The van der Waals surface area contributed by atoms with E-state index in [9.17, 15) is 9.18 Å². The Morgan fingerprint density at radius 1 is 1.24 bits per heavy atom. The summed E-state index contributed by atoms with van der Waals surface area (Å²) >= 11 is 3.34. The molecule has 2 aromatic carbocycles. The van der Waals surface area contributed by atoms with Crippen LogP contribution < -0.4 is 9.47 Å². The molecule has 2 aromatic rings. The summed E-state index contributed by atoms with van der Waals surface area (Å²) in [6, 6.07) is 9.63. The molecule has 0 aliphatic rings. The number of benzene rings is 2. The normalized spacial score (nSPS) is 10.2. The van der Waals surface area contributed by atoms with Crippen LogP contribution in [0.25, 0.3) is 0 Å². The van der Waals surface area contributed by atoms with Gasteiger partial charge in [0.1, 0.15) is 18.7 Å². The van der Waals surface area contributed by atoms with Crippen molar-refractivity contribution >= 4 is 22.2 Å². The molecule has 110 valence electrons. The zero-order chi connectivity index (χ0) is 15.2. The van der Waals surface area contributed by atoms with E-state index in [-0.39, 0.29) is 12.4 Å². The number of aldehydes is 1. The number of rotatable bonds is 6. The quantitative estimate of drug-likeness (QED) is 0.723. The highest BCUT2D eigenvalue weighted by Crippen LogP contribution is 2.37. The number of ether oxygens (including phenoxy) is 2. The maximum Gasteiger partial charge on any atom is 0.175 e. The molecular weight excluding hydrogens is 339 g/mol. The summed E-state index contributed by atoms with van der Waals surface area (Å²) < 4.78 is 25.3. The van der Waals surface area contributed by atoms with Crippen LogP contribution in [-0.4, -0.2) is 12.9 Å². The molecule has 0 aromatic heterocycles. The molecule has 0 unspecified atom stereocenters. The second-order valence-corrected chi connectivity index (χ2v) is 5.12. The molecule has 0 saturated carbocycles. The summed E-state index contributed by atoms with van der Waals surface area (Å²) in [7, 11) is 0. The van der Waals surface area contributed by atoms with Crippen LogP contribution in [0.4, 0.5) is 4.39 Å². The number of halogens is 2. The van der Waals surface area contributed by atoms with E-state index in [2.05, 4.69) is 15.9 Å². The molecular formula is C16H14BrFO3. The van der Waals surface area contributed by atoms with Crippen LogP contribution in [0.5, 0.6) is 11.5 Å². The van der Waals surface area contributed by atoms with E-state index in [0.29, 0.717) is 33.7 Å². The summed E-state index contributed by atoms with van der Waals surface area (Å²) in [6.45, 7) is 2.35. The Labute approximate surface area is 130 Å². The van der Waals surface area contributed by atoms with Gasteiger partial charge < -0.3 is 9.47 Å². The van der Waals surface area contributed by atoms with Crippen molar-refractivity contribution in [3.8, 4) is 11.5 Å². The van der Waals surface area contributed by atoms with Crippen molar-refractivity contribution in [1.82, 2.24) is 0 Å². The predicted octanol–water partition coefficient (Wildman–Crippen LogP) is 4.38. The van der Waals surface area contributed by atoms with Gasteiger partial charge in [0, 0.05) is 11.1 Å². The zero-order valence-corrected chi connectivity index (χ0v) is 13.0. The largest absolute Gasteiger partial charge is 0.490 e. The lowest BCUT2D eigenvalue weighted by molar-refractivity contribution is 0.112. The zero-order valence-electron chi connectivity index (χ0n) is 11.4. The first-order valence-corrected chi connectivity index (χ1v) is 7.22. The average Bonchev–Trinajstić information content (AvgIpc) is 2.48. The maximum absolute atomic E-state index is 13.6. The summed E-state index contributed by atoms with van der Waals surface area (Å²) in [4.78, 5) is 10.9. The smallest absolute Gasteiger partial charge is 0.175 e. The Kier molecular flexibility index (Phi) is 5.33. The topological polar surface area (TPSA) is 35.5 Å². The molecule has 0 amide bonds. The van der Waals surface area contributed by atoms with E-state index < -0.39 is 0 Å². The molecule has 21 heavy (non-hydrogen) atoms. The van der Waals surface area contributed by atoms with Gasteiger partial charge in [-0.25, -0.2) is 4.39 Å². The molecule has 0 aliphatic heterocycles. The Balaban J connectivity index is 2.26. The second-order valence-electron chi connectivity index (χ2n) is 4.26. The summed E-state index contributed by atoms with van der Waals surface area (Å²) in [5.41, 5.74) is 0.926. The fourth-order valence-electron chi connectivity index (χ4n) is 1.82. The Hall–Kier alpha value is -1.88. The maximum atomic E-state index is 13.6. The van der Waals surface area contributed by atoms with Crippen LogP contribution in [0.2, 0.25) is 0 Å². The second kappa shape index (κ2) is 7.22. The third-order valence-electron chi connectivity index (χ3n) is 2.80. The van der Waals surface area contributed by atoms with Gasteiger partial charge in [0.25, 0.3) is 0 Å². The van der Waals surface area contributed by atoms with E-state index in [4.69, 9.17) is 9.47 Å². The van der Waals surface area contributed by atoms with Crippen molar-refractivity contribution in [2.45, 2.75) is 13.5 Å². The molecule has 0 atom stereocenters. The fourth-order valence-corrected chi connectivity index (χ4v) is 2.40. The van der Waals surface area contributed by atoms with Crippen molar-refractivity contribution in [2.24, 2.45) is 0 Å². The van der Waals surface area contributed by atoms with Crippen LogP contribution >= 0.6 is 15.9 Å². The van der Waals surface area contributed by atoms with Crippen molar-refractivity contribution in [2.75, 3.05) is 6.61 Å². The van der Waals surface area contributed by atoms with E-state index in [0.717, 1.165) is 6.29 Å².